The third kappa shape index (κ3) is 5.39. The molecule has 0 aliphatic heterocycles. The Bertz CT molecular complexity index is 1130. The highest BCUT2D eigenvalue weighted by molar-refractivity contribution is 5.79. The Balaban J connectivity index is 1.41. The van der Waals surface area contributed by atoms with Gasteiger partial charge in [0.15, 0.2) is 0 Å². The van der Waals surface area contributed by atoms with Crippen LogP contribution >= 0.6 is 0 Å². The lowest BCUT2D eigenvalue weighted by molar-refractivity contribution is -0.145. The number of fused-ring (bicyclic) bond motifs is 3. The molecule has 1 N–H and O–H groups in total. The molecule has 0 saturated carbocycles. The van der Waals surface area contributed by atoms with E-state index in [-0.39, 0.29) is 42.7 Å². The molecule has 0 radical (unpaired) electrons. The first-order valence-electron chi connectivity index (χ1n) is 11.9. The summed E-state index contributed by atoms with van der Waals surface area (Å²) in [6.45, 7) is 6.73. The van der Waals surface area contributed by atoms with Gasteiger partial charge in [0, 0.05) is 18.8 Å². The van der Waals surface area contributed by atoms with Crippen LogP contribution < -0.4 is 0 Å². The summed E-state index contributed by atoms with van der Waals surface area (Å²) >= 11 is 0. The van der Waals surface area contributed by atoms with E-state index in [4.69, 9.17) is 4.74 Å². The number of ether oxygens (including phenoxy) is 1. The van der Waals surface area contributed by atoms with E-state index < -0.39 is 5.97 Å². The molecule has 176 valence electrons. The van der Waals surface area contributed by atoms with Gasteiger partial charge >= 0.3 is 11.9 Å². The van der Waals surface area contributed by atoms with Crippen LogP contribution in [-0.2, 0) is 26.2 Å². The normalized spacial score (nSPS) is 13.7. The van der Waals surface area contributed by atoms with E-state index in [1.54, 1.807) is 0 Å². The molecular formula is C30H32O4. The van der Waals surface area contributed by atoms with Crippen molar-refractivity contribution in [3.05, 3.63) is 95.1 Å². The Hall–Kier alpha value is -3.40. The highest BCUT2D eigenvalue weighted by atomic mass is 16.5. The van der Waals surface area contributed by atoms with Crippen molar-refractivity contribution in [3.8, 4) is 11.1 Å². The Morgan fingerprint density at radius 2 is 1.41 bits per heavy atom. The van der Waals surface area contributed by atoms with E-state index in [9.17, 15) is 14.7 Å². The summed E-state index contributed by atoms with van der Waals surface area (Å²) in [7, 11) is 0. The monoisotopic (exact) mass is 456 g/mol. The van der Waals surface area contributed by atoms with Crippen molar-refractivity contribution in [1.29, 1.82) is 0 Å². The number of hydrogen-bond acceptors (Lipinski definition) is 3. The number of esters is 1. The molecule has 0 bridgehead atoms. The number of carbonyl (C=O) groups excluding carboxylic acids is 1. The molecule has 0 unspecified atom stereocenters. The molecule has 3 aromatic rings. The number of carbonyl (C=O) groups is 2. The molecule has 0 amide bonds. The SMILES string of the molecule is CC(C)(C)c1ccc(C[C@H](CC(=O)O)CC(=O)OCC2c3ccccc3-c3ccccc32)cc1. The number of aliphatic carboxylic acids is 1. The zero-order valence-corrected chi connectivity index (χ0v) is 20.1. The molecule has 1 aliphatic carbocycles. The van der Waals surface area contributed by atoms with Gasteiger partial charge < -0.3 is 9.84 Å². The lowest BCUT2D eigenvalue weighted by atomic mass is 9.85. The molecule has 3 aromatic carbocycles. The van der Waals surface area contributed by atoms with Gasteiger partial charge in [-0.15, -0.1) is 0 Å². The van der Waals surface area contributed by atoms with Crippen LogP contribution in [-0.4, -0.2) is 23.7 Å². The smallest absolute Gasteiger partial charge is 0.306 e. The van der Waals surface area contributed by atoms with Crippen LogP contribution in [0.5, 0.6) is 0 Å². The van der Waals surface area contributed by atoms with E-state index in [1.165, 1.54) is 16.7 Å². The second-order valence-electron chi connectivity index (χ2n) is 10.2. The molecule has 0 fully saturated rings. The third-order valence-electron chi connectivity index (χ3n) is 6.64. The number of hydrogen-bond donors (Lipinski definition) is 1. The summed E-state index contributed by atoms with van der Waals surface area (Å²) in [6.07, 6.45) is 0.551. The van der Waals surface area contributed by atoms with Crippen molar-refractivity contribution in [2.24, 2.45) is 5.92 Å². The van der Waals surface area contributed by atoms with Gasteiger partial charge in [-0.1, -0.05) is 93.6 Å². The minimum absolute atomic E-state index is 0.000726. The topological polar surface area (TPSA) is 63.6 Å². The molecule has 4 heteroatoms. The molecule has 0 spiro atoms. The lowest BCUT2D eigenvalue weighted by Crippen LogP contribution is -2.19. The van der Waals surface area contributed by atoms with Gasteiger partial charge in [0.25, 0.3) is 0 Å². The quantitative estimate of drug-likeness (QED) is 0.401. The summed E-state index contributed by atoms with van der Waals surface area (Å²) in [5.41, 5.74) is 7.01. The van der Waals surface area contributed by atoms with E-state index in [0.717, 1.165) is 16.7 Å². The van der Waals surface area contributed by atoms with Crippen LogP contribution in [0.1, 0.15) is 61.8 Å². The highest BCUT2D eigenvalue weighted by Crippen LogP contribution is 2.44. The lowest BCUT2D eigenvalue weighted by Gasteiger charge is -2.20. The van der Waals surface area contributed by atoms with Crippen LogP contribution in [0, 0.1) is 5.92 Å². The standard InChI is InChI=1S/C30H32O4/c1-30(2,3)22-14-12-20(13-15-22)16-21(17-28(31)32)18-29(33)34-19-27-25-10-6-4-8-23(25)24-9-5-7-11-26(24)27/h4-15,21,27H,16-19H2,1-3H3,(H,31,32)/t21-/m1/s1. The molecule has 0 heterocycles. The molecule has 4 rings (SSSR count). The maximum absolute atomic E-state index is 12.8. The van der Waals surface area contributed by atoms with Crippen molar-refractivity contribution in [2.75, 3.05) is 6.61 Å². The first-order valence-corrected chi connectivity index (χ1v) is 11.9. The maximum atomic E-state index is 12.8. The van der Waals surface area contributed by atoms with Crippen LogP contribution in [0.3, 0.4) is 0 Å². The molecule has 0 aromatic heterocycles. The number of carboxylic acid groups (broad SMARTS) is 1. The Labute approximate surface area is 201 Å². The first-order chi connectivity index (χ1) is 16.2. The summed E-state index contributed by atoms with van der Waals surface area (Å²) in [6, 6.07) is 24.7. The van der Waals surface area contributed by atoms with Crippen molar-refractivity contribution >= 4 is 11.9 Å². The van der Waals surface area contributed by atoms with Gasteiger partial charge in [-0.2, -0.15) is 0 Å². The first kappa shape index (κ1) is 23.7. The Morgan fingerprint density at radius 3 is 1.94 bits per heavy atom. The molecule has 0 saturated heterocycles. The summed E-state index contributed by atoms with van der Waals surface area (Å²) < 4.78 is 5.72. The van der Waals surface area contributed by atoms with Crippen molar-refractivity contribution in [2.45, 2.75) is 51.4 Å². The van der Waals surface area contributed by atoms with Crippen LogP contribution in [0.2, 0.25) is 0 Å². The minimum atomic E-state index is -0.900. The number of benzene rings is 3. The summed E-state index contributed by atoms with van der Waals surface area (Å²) in [5, 5.41) is 9.39. The predicted molar refractivity (Wildman–Crippen MR) is 134 cm³/mol. The fraction of sp³-hybridized carbons (Fsp3) is 0.333. The Kier molecular flexibility index (Phi) is 6.87. The second kappa shape index (κ2) is 9.84. The largest absolute Gasteiger partial charge is 0.481 e. The van der Waals surface area contributed by atoms with E-state index >= 15 is 0 Å². The fourth-order valence-corrected chi connectivity index (χ4v) is 4.85. The van der Waals surface area contributed by atoms with E-state index in [2.05, 4.69) is 57.2 Å². The third-order valence-corrected chi connectivity index (χ3v) is 6.64. The summed E-state index contributed by atoms with van der Waals surface area (Å²) in [5.74, 6) is -1.56. The minimum Gasteiger partial charge on any atom is -0.481 e. The maximum Gasteiger partial charge on any atom is 0.306 e. The van der Waals surface area contributed by atoms with Crippen LogP contribution in [0.25, 0.3) is 11.1 Å². The van der Waals surface area contributed by atoms with Gasteiger partial charge in [0.2, 0.25) is 0 Å². The molecule has 34 heavy (non-hydrogen) atoms. The summed E-state index contributed by atoms with van der Waals surface area (Å²) in [4.78, 5) is 24.2. The Morgan fingerprint density at radius 1 is 0.853 bits per heavy atom. The van der Waals surface area contributed by atoms with Gasteiger partial charge in [0.05, 0.1) is 0 Å². The fourth-order valence-electron chi connectivity index (χ4n) is 4.85. The molecular weight excluding hydrogens is 424 g/mol. The predicted octanol–water partition coefficient (Wildman–Crippen LogP) is 6.36. The second-order valence-corrected chi connectivity index (χ2v) is 10.2. The zero-order chi connectivity index (χ0) is 24.3. The zero-order valence-electron chi connectivity index (χ0n) is 20.1. The van der Waals surface area contributed by atoms with Crippen molar-refractivity contribution in [3.63, 3.8) is 0 Å². The van der Waals surface area contributed by atoms with E-state index in [0.29, 0.717) is 6.42 Å². The van der Waals surface area contributed by atoms with Gasteiger partial charge in [-0.05, 0) is 51.1 Å². The molecule has 4 nitrogen and oxygen atoms in total. The molecule has 1 atom stereocenters. The highest BCUT2D eigenvalue weighted by Gasteiger charge is 2.29. The van der Waals surface area contributed by atoms with Crippen LogP contribution in [0.4, 0.5) is 0 Å². The van der Waals surface area contributed by atoms with Gasteiger partial charge in [-0.25, -0.2) is 0 Å². The number of carboxylic acids is 1. The van der Waals surface area contributed by atoms with E-state index in [1.807, 2.05) is 36.4 Å². The van der Waals surface area contributed by atoms with Gasteiger partial charge in [-0.3, -0.25) is 9.59 Å². The number of rotatable bonds is 8. The van der Waals surface area contributed by atoms with Crippen LogP contribution in [0.15, 0.2) is 72.8 Å². The molecule has 1 aliphatic rings. The van der Waals surface area contributed by atoms with Crippen molar-refractivity contribution < 1.29 is 19.4 Å². The average molecular weight is 457 g/mol. The van der Waals surface area contributed by atoms with Gasteiger partial charge in [0.1, 0.15) is 6.61 Å². The van der Waals surface area contributed by atoms with Crippen molar-refractivity contribution in [1.82, 2.24) is 0 Å². The average Bonchev–Trinajstić information content (AvgIpc) is 3.11.